The Morgan fingerprint density at radius 1 is 0.833 bits per heavy atom. The Hall–Kier alpha value is 0.419. The van der Waals surface area contributed by atoms with Crippen LogP contribution in [0.1, 0.15) is 86.5 Å². The molecule has 0 unspecified atom stereocenters. The first-order valence-corrected chi connectivity index (χ1v) is 20.5. The van der Waals surface area contributed by atoms with Crippen molar-refractivity contribution in [2.24, 2.45) is 11.8 Å². The topological polar surface area (TPSA) is 31.0 Å². The van der Waals surface area contributed by atoms with Gasteiger partial charge in [-0.1, -0.05) is 0 Å². The van der Waals surface area contributed by atoms with Gasteiger partial charge in [0.05, 0.1) is 0 Å². The molecule has 178 valence electrons. The molecule has 0 saturated carbocycles. The zero-order valence-electron chi connectivity index (χ0n) is 21.4. The fraction of sp³-hybridized carbons (Fsp3) is 0.923. The number of hydrogen-bond donors (Lipinski definition) is 0. The predicted molar refractivity (Wildman–Crippen MR) is 133 cm³/mol. The summed E-state index contributed by atoms with van der Waals surface area (Å²) in [7, 11) is 3.67. The van der Waals surface area contributed by atoms with Gasteiger partial charge < -0.3 is 0 Å². The van der Waals surface area contributed by atoms with Gasteiger partial charge in [0.15, 0.2) is 0 Å². The molecule has 0 radical (unpaired) electrons. The van der Waals surface area contributed by atoms with Crippen LogP contribution in [0.25, 0.3) is 0 Å². The molecular weight excluding hydrogens is 479 g/mol. The van der Waals surface area contributed by atoms with Crippen LogP contribution in [0.2, 0.25) is 13.3 Å². The van der Waals surface area contributed by atoms with Crippen molar-refractivity contribution in [3.8, 4) is 0 Å². The van der Waals surface area contributed by atoms with Crippen molar-refractivity contribution in [3.63, 3.8) is 0 Å². The van der Waals surface area contributed by atoms with E-state index in [0.717, 1.165) is 6.42 Å². The van der Waals surface area contributed by atoms with Crippen molar-refractivity contribution in [3.05, 3.63) is 10.2 Å². The number of methoxy groups -OCH3 is 2. The van der Waals surface area contributed by atoms with Crippen LogP contribution in [0.4, 0.5) is 0 Å². The average Bonchev–Trinajstić information content (AvgIpc) is 3.54. The minimum absolute atomic E-state index is 0.149. The summed E-state index contributed by atoms with van der Waals surface area (Å²) in [4.78, 5) is 0. The molecule has 0 amide bonds. The van der Waals surface area contributed by atoms with Crippen molar-refractivity contribution < 1.29 is 14.2 Å². The Bertz CT molecular complexity index is 441. The van der Waals surface area contributed by atoms with Gasteiger partial charge in [-0.25, -0.2) is 0 Å². The zero-order valence-corrected chi connectivity index (χ0v) is 24.3. The standard InChI is InChI=1S/C14H25O3.3C4H9.Sn/c1-7-9(3)12(16-6)14-13(17-14)10(4)11(8-2)15-5;3*1-3-4-2;/h1,7,9-14H,8H2,2-6H3;3*1,3-4H2,2H3;/t9-,10-,11+,12+,13-,14-;;;;/m1..../s1. The van der Waals surface area contributed by atoms with Crippen molar-refractivity contribution in [1.82, 2.24) is 0 Å². The van der Waals surface area contributed by atoms with Gasteiger partial charge in [-0.15, -0.1) is 0 Å². The zero-order chi connectivity index (χ0) is 22.6. The predicted octanol–water partition coefficient (Wildman–Crippen LogP) is 7.41. The summed E-state index contributed by atoms with van der Waals surface area (Å²) in [5.74, 6) is 0.816. The summed E-state index contributed by atoms with van der Waals surface area (Å²) in [6.07, 6.45) is 12.7. The summed E-state index contributed by atoms with van der Waals surface area (Å²) in [6.45, 7) is 13.8. The van der Waals surface area contributed by atoms with Crippen LogP contribution in [0, 0.1) is 11.8 Å². The van der Waals surface area contributed by atoms with Gasteiger partial charge in [-0.2, -0.15) is 0 Å². The van der Waals surface area contributed by atoms with Crippen LogP contribution in [0.15, 0.2) is 10.2 Å². The van der Waals surface area contributed by atoms with Crippen molar-refractivity contribution in [2.75, 3.05) is 14.2 Å². The SMILES string of the molecule is CCC[CH2][Sn](/[CH]=C/[C@@H](C)[C@H](OC)[C@H]1O[C@@H]1[C@H](C)[C@H](CC)OC)([CH2]CCC)[CH2]CCC. The van der Waals surface area contributed by atoms with E-state index in [1.807, 2.05) is 14.2 Å². The van der Waals surface area contributed by atoms with Gasteiger partial charge in [-0.05, 0) is 0 Å². The summed E-state index contributed by atoms with van der Waals surface area (Å²) < 4.78 is 25.1. The first-order valence-electron chi connectivity index (χ1n) is 12.8. The molecule has 0 aromatic heterocycles. The fourth-order valence-corrected chi connectivity index (χ4v) is 19.8. The number of hydrogen-bond acceptors (Lipinski definition) is 3. The summed E-state index contributed by atoms with van der Waals surface area (Å²) in [5.41, 5.74) is 0. The van der Waals surface area contributed by atoms with Crippen LogP contribution in [-0.2, 0) is 14.2 Å². The molecule has 0 aliphatic carbocycles. The summed E-state index contributed by atoms with van der Waals surface area (Å²) in [5, 5.41) is 0. The van der Waals surface area contributed by atoms with Crippen LogP contribution in [-0.4, -0.2) is 57.0 Å². The van der Waals surface area contributed by atoms with Crippen molar-refractivity contribution in [1.29, 1.82) is 0 Å². The van der Waals surface area contributed by atoms with E-state index in [-0.39, 0.29) is 24.4 Å². The van der Waals surface area contributed by atoms with E-state index in [2.05, 4.69) is 51.7 Å². The fourth-order valence-electron chi connectivity index (χ4n) is 5.11. The van der Waals surface area contributed by atoms with Crippen molar-refractivity contribution >= 4 is 18.4 Å². The Labute approximate surface area is 192 Å². The Balaban J connectivity index is 2.87. The number of rotatable bonds is 18. The Morgan fingerprint density at radius 3 is 1.77 bits per heavy atom. The molecule has 1 saturated heterocycles. The molecule has 0 bridgehead atoms. The molecule has 1 aliphatic heterocycles. The van der Waals surface area contributed by atoms with E-state index in [4.69, 9.17) is 14.2 Å². The molecule has 1 fully saturated rings. The second kappa shape index (κ2) is 15.3. The van der Waals surface area contributed by atoms with Gasteiger partial charge >= 0.3 is 193 Å². The normalized spacial score (nSPS) is 23.5. The van der Waals surface area contributed by atoms with E-state index in [0.29, 0.717) is 11.8 Å². The third kappa shape index (κ3) is 8.75. The van der Waals surface area contributed by atoms with Gasteiger partial charge in [0.25, 0.3) is 0 Å². The summed E-state index contributed by atoms with van der Waals surface area (Å²) >= 11 is -2.24. The maximum absolute atomic E-state index is 6.14. The first kappa shape index (κ1) is 28.5. The molecule has 1 rings (SSSR count). The average molecular weight is 531 g/mol. The molecular formula is C26H52O3Sn. The molecule has 0 spiro atoms. The molecule has 3 nitrogen and oxygen atoms in total. The van der Waals surface area contributed by atoms with Gasteiger partial charge in [0, 0.05) is 0 Å². The van der Waals surface area contributed by atoms with E-state index in [9.17, 15) is 0 Å². The molecule has 4 heteroatoms. The monoisotopic (exact) mass is 532 g/mol. The summed E-state index contributed by atoms with van der Waals surface area (Å²) in [6, 6.07) is 0. The van der Waals surface area contributed by atoms with E-state index in [1.54, 1.807) is 0 Å². The van der Waals surface area contributed by atoms with Crippen LogP contribution >= 0.6 is 0 Å². The van der Waals surface area contributed by atoms with Crippen LogP contribution in [0.5, 0.6) is 0 Å². The third-order valence-electron chi connectivity index (χ3n) is 7.32. The molecule has 1 aliphatic rings. The number of ether oxygens (including phenoxy) is 3. The number of unbranched alkanes of at least 4 members (excludes halogenated alkanes) is 3. The van der Waals surface area contributed by atoms with E-state index in [1.165, 1.54) is 51.8 Å². The van der Waals surface area contributed by atoms with Crippen molar-refractivity contribution in [2.45, 2.75) is 124 Å². The molecule has 0 aromatic rings. The molecule has 30 heavy (non-hydrogen) atoms. The quantitative estimate of drug-likeness (QED) is 0.136. The number of epoxide rings is 1. The van der Waals surface area contributed by atoms with E-state index >= 15 is 0 Å². The van der Waals surface area contributed by atoms with Crippen LogP contribution in [0.3, 0.4) is 0 Å². The Kier molecular flexibility index (Phi) is 14.5. The second-order valence-corrected chi connectivity index (χ2v) is 22.7. The molecule has 1 heterocycles. The molecule has 0 aromatic carbocycles. The minimum atomic E-state index is -2.24. The van der Waals surface area contributed by atoms with E-state index < -0.39 is 18.4 Å². The molecule has 0 N–H and O–H groups in total. The van der Waals surface area contributed by atoms with Gasteiger partial charge in [-0.3, -0.25) is 0 Å². The Morgan fingerprint density at radius 2 is 1.37 bits per heavy atom. The second-order valence-electron chi connectivity index (χ2n) is 9.70. The third-order valence-corrected chi connectivity index (χ3v) is 21.4. The first-order chi connectivity index (χ1) is 14.4. The van der Waals surface area contributed by atoms with Crippen LogP contribution < -0.4 is 0 Å². The van der Waals surface area contributed by atoms with Gasteiger partial charge in [0.1, 0.15) is 0 Å². The maximum atomic E-state index is 6.14. The van der Waals surface area contributed by atoms with Gasteiger partial charge in [0.2, 0.25) is 0 Å². The molecule has 6 atom stereocenters.